The van der Waals surface area contributed by atoms with Crippen LogP contribution in [0.1, 0.15) is 40.0 Å². The molecule has 1 aliphatic heterocycles. The van der Waals surface area contributed by atoms with Crippen LogP contribution < -0.4 is 4.74 Å². The molecule has 3 rings (SSSR count). The Kier molecular flexibility index (Phi) is 5.20. The first-order chi connectivity index (χ1) is 12.2. The van der Waals surface area contributed by atoms with E-state index in [9.17, 15) is 9.59 Å². The number of halogens is 1. The van der Waals surface area contributed by atoms with E-state index in [-0.39, 0.29) is 36.0 Å². The number of rotatable bonds is 5. The molecule has 1 heterocycles. The summed E-state index contributed by atoms with van der Waals surface area (Å²) in [7, 11) is 0. The Morgan fingerprint density at radius 3 is 2.65 bits per heavy atom. The van der Waals surface area contributed by atoms with E-state index < -0.39 is 5.97 Å². The molecule has 1 saturated heterocycles. The number of hydrogen-bond acceptors (Lipinski definition) is 4. The maximum atomic E-state index is 12.6. The number of para-hydroxylation sites is 1. The predicted octanol–water partition coefficient (Wildman–Crippen LogP) is 3.69. The van der Waals surface area contributed by atoms with Crippen LogP contribution in [0, 0.1) is 10.8 Å². The standard InChI is InChI=1S/C20H26ClNO4/c1-19(2)8-14-9-20(3,12-19)13-22(14)17(23)10-26-18(24)11-25-16-7-5-4-6-15(16)21/h4-7,14H,8-13H2,1-3H3/t14-,20+/m1/s1. The zero-order chi connectivity index (χ0) is 18.9. The minimum absolute atomic E-state index is 0.123. The van der Waals surface area contributed by atoms with Gasteiger partial charge >= 0.3 is 5.97 Å². The largest absolute Gasteiger partial charge is 0.480 e. The molecule has 5 nitrogen and oxygen atoms in total. The second kappa shape index (κ2) is 7.10. The van der Waals surface area contributed by atoms with Crippen molar-refractivity contribution in [2.24, 2.45) is 10.8 Å². The molecule has 2 fully saturated rings. The molecule has 0 spiro atoms. The Balaban J connectivity index is 1.48. The van der Waals surface area contributed by atoms with Crippen molar-refractivity contribution >= 4 is 23.5 Å². The number of ether oxygens (including phenoxy) is 2. The minimum Gasteiger partial charge on any atom is -0.480 e. The smallest absolute Gasteiger partial charge is 0.344 e. The fraction of sp³-hybridized carbons (Fsp3) is 0.600. The van der Waals surface area contributed by atoms with Crippen molar-refractivity contribution in [3.8, 4) is 5.75 Å². The quantitative estimate of drug-likeness (QED) is 0.732. The minimum atomic E-state index is -0.577. The number of esters is 1. The zero-order valence-corrected chi connectivity index (χ0v) is 16.3. The van der Waals surface area contributed by atoms with Crippen molar-refractivity contribution in [1.82, 2.24) is 4.90 Å². The van der Waals surface area contributed by atoms with Crippen LogP contribution in [0.15, 0.2) is 24.3 Å². The molecule has 0 unspecified atom stereocenters. The molecule has 2 bridgehead atoms. The SMILES string of the molecule is CC1(C)C[C@@H]2C[C@](C)(CN2C(=O)COC(=O)COc2ccccc2Cl)C1. The monoisotopic (exact) mass is 379 g/mol. The second-order valence-corrected chi connectivity index (χ2v) is 9.02. The van der Waals surface area contributed by atoms with Gasteiger partial charge in [0.1, 0.15) is 5.75 Å². The molecule has 6 heteroatoms. The van der Waals surface area contributed by atoms with Gasteiger partial charge in [-0.15, -0.1) is 0 Å². The molecule has 1 saturated carbocycles. The summed E-state index contributed by atoms with van der Waals surface area (Å²) in [5, 5.41) is 0.427. The molecule has 1 amide bonds. The van der Waals surface area contributed by atoms with E-state index in [1.807, 2.05) is 4.90 Å². The number of carbonyl (C=O) groups excluding carboxylic acids is 2. The molecule has 2 atom stereocenters. The van der Waals surface area contributed by atoms with Gasteiger partial charge in [0, 0.05) is 12.6 Å². The molecular weight excluding hydrogens is 354 g/mol. The van der Waals surface area contributed by atoms with Crippen LogP contribution in [0.4, 0.5) is 0 Å². The average Bonchev–Trinajstić information content (AvgIpc) is 2.80. The Labute approximate surface area is 159 Å². The van der Waals surface area contributed by atoms with Crippen LogP contribution in [0.2, 0.25) is 5.02 Å². The van der Waals surface area contributed by atoms with E-state index >= 15 is 0 Å². The maximum absolute atomic E-state index is 12.6. The van der Waals surface area contributed by atoms with Gasteiger partial charge in [-0.1, -0.05) is 44.5 Å². The third-order valence-electron chi connectivity index (χ3n) is 5.27. The van der Waals surface area contributed by atoms with Crippen LogP contribution in [0.25, 0.3) is 0 Å². The Morgan fingerprint density at radius 2 is 1.92 bits per heavy atom. The van der Waals surface area contributed by atoms with E-state index in [1.54, 1.807) is 24.3 Å². The van der Waals surface area contributed by atoms with Gasteiger partial charge < -0.3 is 14.4 Å². The number of nitrogens with zero attached hydrogens (tertiary/aromatic N) is 1. The van der Waals surface area contributed by atoms with E-state index in [0.29, 0.717) is 10.8 Å². The van der Waals surface area contributed by atoms with E-state index in [4.69, 9.17) is 21.1 Å². The first-order valence-corrected chi connectivity index (χ1v) is 9.38. The summed E-state index contributed by atoms with van der Waals surface area (Å²) in [6.45, 7) is 7.00. The van der Waals surface area contributed by atoms with Gasteiger partial charge in [-0.25, -0.2) is 4.79 Å². The molecule has 26 heavy (non-hydrogen) atoms. The first kappa shape index (κ1) is 19.0. The maximum Gasteiger partial charge on any atom is 0.344 e. The third-order valence-corrected chi connectivity index (χ3v) is 5.59. The van der Waals surface area contributed by atoms with Crippen molar-refractivity contribution < 1.29 is 19.1 Å². The van der Waals surface area contributed by atoms with Crippen LogP contribution in [0.5, 0.6) is 5.75 Å². The second-order valence-electron chi connectivity index (χ2n) is 8.62. The molecular formula is C20H26ClNO4. The van der Waals surface area contributed by atoms with Gasteiger partial charge in [0.05, 0.1) is 5.02 Å². The highest BCUT2D eigenvalue weighted by molar-refractivity contribution is 6.32. The summed E-state index contributed by atoms with van der Waals surface area (Å²) in [6.07, 6.45) is 3.15. The van der Waals surface area contributed by atoms with Crippen molar-refractivity contribution in [1.29, 1.82) is 0 Å². The lowest BCUT2D eigenvalue weighted by Crippen LogP contribution is -2.40. The fourth-order valence-electron chi connectivity index (χ4n) is 4.72. The van der Waals surface area contributed by atoms with E-state index in [2.05, 4.69) is 20.8 Å². The zero-order valence-electron chi connectivity index (χ0n) is 15.6. The fourth-order valence-corrected chi connectivity index (χ4v) is 4.91. The summed E-state index contributed by atoms with van der Waals surface area (Å²) in [5.41, 5.74) is 0.408. The van der Waals surface area contributed by atoms with Gasteiger partial charge in [0.2, 0.25) is 0 Å². The summed E-state index contributed by atoms with van der Waals surface area (Å²) < 4.78 is 10.5. The Bertz CT molecular complexity index is 705. The Morgan fingerprint density at radius 1 is 1.19 bits per heavy atom. The van der Waals surface area contributed by atoms with Crippen molar-refractivity contribution in [3.05, 3.63) is 29.3 Å². The number of amides is 1. The predicted molar refractivity (Wildman–Crippen MR) is 99.1 cm³/mol. The molecule has 0 N–H and O–H groups in total. The third kappa shape index (κ3) is 4.32. The molecule has 0 radical (unpaired) electrons. The van der Waals surface area contributed by atoms with Crippen LogP contribution in [-0.2, 0) is 14.3 Å². The molecule has 1 aromatic rings. The molecule has 142 valence electrons. The lowest BCUT2D eigenvalue weighted by molar-refractivity contribution is -0.154. The topological polar surface area (TPSA) is 55.8 Å². The van der Waals surface area contributed by atoms with E-state index in [1.165, 1.54) is 0 Å². The highest BCUT2D eigenvalue weighted by Crippen LogP contribution is 2.52. The normalized spacial score (nSPS) is 26.5. The average molecular weight is 380 g/mol. The number of carbonyl (C=O) groups is 2. The lowest BCUT2D eigenvalue weighted by Gasteiger charge is -2.39. The Hall–Kier alpha value is -1.75. The molecule has 1 aromatic carbocycles. The molecule has 1 aliphatic carbocycles. The number of fused-ring (bicyclic) bond motifs is 2. The highest BCUT2D eigenvalue weighted by Gasteiger charge is 2.50. The first-order valence-electron chi connectivity index (χ1n) is 9.00. The van der Waals surface area contributed by atoms with Crippen molar-refractivity contribution in [2.75, 3.05) is 19.8 Å². The van der Waals surface area contributed by atoms with Crippen molar-refractivity contribution in [3.63, 3.8) is 0 Å². The summed E-state index contributed by atoms with van der Waals surface area (Å²) >= 11 is 5.97. The highest BCUT2D eigenvalue weighted by atomic mass is 35.5. The molecule has 0 aromatic heterocycles. The van der Waals surface area contributed by atoms with Crippen LogP contribution >= 0.6 is 11.6 Å². The van der Waals surface area contributed by atoms with Gasteiger partial charge in [-0.05, 0) is 42.2 Å². The summed E-state index contributed by atoms with van der Waals surface area (Å²) in [4.78, 5) is 26.3. The summed E-state index contributed by atoms with van der Waals surface area (Å²) in [6, 6.07) is 7.14. The number of likely N-dealkylation sites (tertiary alicyclic amines) is 1. The number of hydrogen-bond donors (Lipinski definition) is 0. The van der Waals surface area contributed by atoms with Gasteiger partial charge in [0.15, 0.2) is 13.2 Å². The summed E-state index contributed by atoms with van der Waals surface area (Å²) in [5.74, 6) is -0.282. The van der Waals surface area contributed by atoms with Crippen LogP contribution in [0.3, 0.4) is 0 Å². The van der Waals surface area contributed by atoms with E-state index in [0.717, 1.165) is 25.8 Å². The van der Waals surface area contributed by atoms with Gasteiger partial charge in [0.25, 0.3) is 5.91 Å². The van der Waals surface area contributed by atoms with Crippen LogP contribution in [-0.4, -0.2) is 42.6 Å². The lowest BCUT2D eigenvalue weighted by atomic mass is 9.65. The van der Waals surface area contributed by atoms with Gasteiger partial charge in [-0.2, -0.15) is 0 Å². The molecule has 2 aliphatic rings. The number of benzene rings is 1. The van der Waals surface area contributed by atoms with Crippen molar-refractivity contribution in [2.45, 2.75) is 46.1 Å². The van der Waals surface area contributed by atoms with Gasteiger partial charge in [-0.3, -0.25) is 4.79 Å².